The zero-order chi connectivity index (χ0) is 11.8. The van der Waals surface area contributed by atoms with Crippen LogP contribution in [0.3, 0.4) is 0 Å². The van der Waals surface area contributed by atoms with Gasteiger partial charge in [-0.1, -0.05) is 19.4 Å². The number of ether oxygens (including phenoxy) is 2. The van der Waals surface area contributed by atoms with Gasteiger partial charge in [0.25, 0.3) is 0 Å². The lowest BCUT2D eigenvalue weighted by atomic mass is 10.1. The first-order valence-corrected chi connectivity index (χ1v) is 6.01. The number of hydrogen-bond acceptors (Lipinski definition) is 2. The van der Waals surface area contributed by atoms with Crippen molar-refractivity contribution >= 4 is 0 Å². The molecule has 1 aromatic rings. The van der Waals surface area contributed by atoms with E-state index in [2.05, 4.69) is 39.0 Å². The minimum atomic E-state index is 0.632. The summed E-state index contributed by atoms with van der Waals surface area (Å²) in [5, 5.41) is 0. The van der Waals surface area contributed by atoms with Gasteiger partial charge in [-0.25, -0.2) is 0 Å². The summed E-state index contributed by atoms with van der Waals surface area (Å²) in [5.74, 6) is 0.941. The largest absolute Gasteiger partial charge is 0.491 e. The molecule has 90 valence electrons. The van der Waals surface area contributed by atoms with Crippen LogP contribution in [0, 0.1) is 13.8 Å². The number of aryl methyl sites for hydroxylation is 2. The molecule has 0 radical (unpaired) electrons. The first kappa shape index (κ1) is 13.0. The molecule has 0 saturated heterocycles. The van der Waals surface area contributed by atoms with Crippen molar-refractivity contribution in [1.82, 2.24) is 0 Å². The van der Waals surface area contributed by atoms with Crippen molar-refractivity contribution in [3.63, 3.8) is 0 Å². The fourth-order valence-corrected chi connectivity index (χ4v) is 1.58. The molecule has 0 heterocycles. The van der Waals surface area contributed by atoms with Crippen molar-refractivity contribution in [3.8, 4) is 5.75 Å². The third-order valence-electron chi connectivity index (χ3n) is 2.33. The van der Waals surface area contributed by atoms with Crippen LogP contribution in [0.5, 0.6) is 5.75 Å². The average Bonchev–Trinajstić information content (AvgIpc) is 2.22. The highest BCUT2D eigenvalue weighted by atomic mass is 16.5. The van der Waals surface area contributed by atoms with E-state index >= 15 is 0 Å². The number of hydrogen-bond donors (Lipinski definition) is 0. The Kier molecular flexibility index (Phi) is 5.94. The van der Waals surface area contributed by atoms with Crippen LogP contribution in [-0.2, 0) is 4.74 Å². The van der Waals surface area contributed by atoms with E-state index in [0.717, 1.165) is 18.8 Å². The van der Waals surface area contributed by atoms with E-state index in [-0.39, 0.29) is 0 Å². The summed E-state index contributed by atoms with van der Waals surface area (Å²) in [5.41, 5.74) is 2.48. The Hall–Kier alpha value is -1.02. The van der Waals surface area contributed by atoms with Crippen molar-refractivity contribution in [3.05, 3.63) is 29.3 Å². The molecule has 1 aromatic carbocycles. The standard InChI is InChI=1S/C14H22O2/c1-4-5-6-15-7-8-16-14-10-12(2)9-13(3)11-14/h9-11H,4-8H2,1-3H3. The van der Waals surface area contributed by atoms with Crippen LogP contribution >= 0.6 is 0 Å². The summed E-state index contributed by atoms with van der Waals surface area (Å²) in [4.78, 5) is 0. The quantitative estimate of drug-likeness (QED) is 0.657. The van der Waals surface area contributed by atoms with Gasteiger partial charge in [0.05, 0.1) is 6.61 Å². The van der Waals surface area contributed by atoms with Crippen LogP contribution in [-0.4, -0.2) is 19.8 Å². The topological polar surface area (TPSA) is 18.5 Å². The monoisotopic (exact) mass is 222 g/mol. The van der Waals surface area contributed by atoms with Gasteiger partial charge in [-0.2, -0.15) is 0 Å². The number of rotatable bonds is 7. The van der Waals surface area contributed by atoms with Crippen molar-refractivity contribution in [2.45, 2.75) is 33.6 Å². The Labute approximate surface area is 98.6 Å². The van der Waals surface area contributed by atoms with Crippen molar-refractivity contribution in [2.24, 2.45) is 0 Å². The second kappa shape index (κ2) is 7.29. The van der Waals surface area contributed by atoms with Gasteiger partial charge in [-0.3, -0.25) is 0 Å². The second-order valence-electron chi connectivity index (χ2n) is 4.14. The fourth-order valence-electron chi connectivity index (χ4n) is 1.58. The maximum Gasteiger partial charge on any atom is 0.119 e. The third-order valence-corrected chi connectivity index (χ3v) is 2.33. The normalized spacial score (nSPS) is 10.4. The van der Waals surface area contributed by atoms with Crippen LogP contribution in [0.25, 0.3) is 0 Å². The summed E-state index contributed by atoms with van der Waals surface area (Å²) >= 11 is 0. The molecule has 0 N–H and O–H groups in total. The van der Waals surface area contributed by atoms with Gasteiger partial charge in [0.2, 0.25) is 0 Å². The van der Waals surface area contributed by atoms with Crippen LogP contribution in [0.4, 0.5) is 0 Å². The van der Waals surface area contributed by atoms with Gasteiger partial charge >= 0.3 is 0 Å². The molecule has 0 fully saturated rings. The van der Waals surface area contributed by atoms with E-state index in [1.54, 1.807) is 0 Å². The van der Waals surface area contributed by atoms with Crippen LogP contribution in [0.15, 0.2) is 18.2 Å². The summed E-state index contributed by atoms with van der Waals surface area (Å²) in [6, 6.07) is 6.25. The Morgan fingerprint density at radius 3 is 2.25 bits per heavy atom. The molecule has 0 saturated carbocycles. The maximum absolute atomic E-state index is 5.62. The van der Waals surface area contributed by atoms with Gasteiger partial charge in [0.1, 0.15) is 12.4 Å². The summed E-state index contributed by atoms with van der Waals surface area (Å²) in [6.45, 7) is 8.47. The van der Waals surface area contributed by atoms with E-state index in [1.165, 1.54) is 17.5 Å². The molecular formula is C14H22O2. The number of benzene rings is 1. The van der Waals surface area contributed by atoms with Gasteiger partial charge < -0.3 is 9.47 Å². The van der Waals surface area contributed by atoms with Crippen molar-refractivity contribution < 1.29 is 9.47 Å². The average molecular weight is 222 g/mol. The van der Waals surface area contributed by atoms with Crippen molar-refractivity contribution in [1.29, 1.82) is 0 Å². The Bertz CT molecular complexity index is 287. The molecule has 0 aliphatic heterocycles. The predicted molar refractivity (Wildman–Crippen MR) is 67.1 cm³/mol. The van der Waals surface area contributed by atoms with E-state index in [1.807, 2.05) is 0 Å². The molecule has 1 rings (SSSR count). The third kappa shape index (κ3) is 5.17. The Balaban J connectivity index is 2.21. The van der Waals surface area contributed by atoms with E-state index < -0.39 is 0 Å². The van der Waals surface area contributed by atoms with E-state index in [9.17, 15) is 0 Å². The SMILES string of the molecule is CCCCOCCOc1cc(C)cc(C)c1. The lowest BCUT2D eigenvalue weighted by Crippen LogP contribution is -2.07. The molecule has 0 aromatic heterocycles. The lowest BCUT2D eigenvalue weighted by molar-refractivity contribution is 0.0980. The molecule has 0 aliphatic carbocycles. The minimum Gasteiger partial charge on any atom is -0.491 e. The van der Waals surface area contributed by atoms with Gasteiger partial charge in [-0.15, -0.1) is 0 Å². The van der Waals surface area contributed by atoms with Crippen LogP contribution in [0.2, 0.25) is 0 Å². The van der Waals surface area contributed by atoms with Crippen LogP contribution < -0.4 is 4.74 Å². The van der Waals surface area contributed by atoms with E-state index in [0.29, 0.717) is 13.2 Å². The molecule has 0 aliphatic rings. The maximum atomic E-state index is 5.62. The molecule has 0 spiro atoms. The summed E-state index contributed by atoms with van der Waals surface area (Å²) in [7, 11) is 0. The highest BCUT2D eigenvalue weighted by Crippen LogP contribution is 2.15. The second-order valence-corrected chi connectivity index (χ2v) is 4.14. The molecule has 0 unspecified atom stereocenters. The van der Waals surface area contributed by atoms with Gasteiger partial charge in [0, 0.05) is 6.61 Å². The zero-order valence-corrected chi connectivity index (χ0v) is 10.6. The zero-order valence-electron chi connectivity index (χ0n) is 10.6. The summed E-state index contributed by atoms with van der Waals surface area (Å²) in [6.07, 6.45) is 2.31. The van der Waals surface area contributed by atoms with Crippen molar-refractivity contribution in [2.75, 3.05) is 19.8 Å². The molecule has 16 heavy (non-hydrogen) atoms. The first-order valence-electron chi connectivity index (χ1n) is 6.01. The molecule has 2 nitrogen and oxygen atoms in total. The summed E-state index contributed by atoms with van der Waals surface area (Å²) < 4.78 is 11.1. The lowest BCUT2D eigenvalue weighted by Gasteiger charge is -2.08. The number of unbranched alkanes of at least 4 members (excludes halogenated alkanes) is 1. The minimum absolute atomic E-state index is 0.632. The first-order chi connectivity index (χ1) is 7.72. The highest BCUT2D eigenvalue weighted by molar-refractivity contribution is 5.32. The molecular weight excluding hydrogens is 200 g/mol. The Morgan fingerprint density at radius 2 is 1.62 bits per heavy atom. The smallest absolute Gasteiger partial charge is 0.119 e. The molecule has 0 bridgehead atoms. The highest BCUT2D eigenvalue weighted by Gasteiger charge is 1.96. The van der Waals surface area contributed by atoms with Gasteiger partial charge in [-0.05, 0) is 43.5 Å². The molecule has 2 heteroatoms. The van der Waals surface area contributed by atoms with Crippen LogP contribution in [0.1, 0.15) is 30.9 Å². The Morgan fingerprint density at radius 1 is 0.938 bits per heavy atom. The fraction of sp³-hybridized carbons (Fsp3) is 0.571. The molecule has 0 amide bonds. The van der Waals surface area contributed by atoms with Gasteiger partial charge in [0.15, 0.2) is 0 Å². The molecule has 0 atom stereocenters. The van der Waals surface area contributed by atoms with E-state index in [4.69, 9.17) is 9.47 Å². The predicted octanol–water partition coefficient (Wildman–Crippen LogP) is 3.50.